The van der Waals surface area contributed by atoms with Crippen LogP contribution in [0.3, 0.4) is 0 Å². The number of benzene rings is 2. The summed E-state index contributed by atoms with van der Waals surface area (Å²) in [5, 5.41) is 10.7. The summed E-state index contributed by atoms with van der Waals surface area (Å²) in [6, 6.07) is 14.4. The van der Waals surface area contributed by atoms with Crippen LogP contribution >= 0.6 is 0 Å². The van der Waals surface area contributed by atoms with Crippen molar-refractivity contribution in [2.45, 2.75) is 32.9 Å². The molecule has 1 amide bonds. The van der Waals surface area contributed by atoms with Crippen molar-refractivity contribution < 1.29 is 14.3 Å². The Kier molecular flexibility index (Phi) is 6.01. The number of para-hydroxylation sites is 1. The summed E-state index contributed by atoms with van der Waals surface area (Å²) in [5.41, 5.74) is 1.03. The molecule has 162 valence electrons. The largest absolute Gasteiger partial charge is 0.490 e. The third-order valence-electron chi connectivity index (χ3n) is 5.05. The van der Waals surface area contributed by atoms with E-state index in [-0.39, 0.29) is 24.4 Å². The summed E-state index contributed by atoms with van der Waals surface area (Å²) in [4.78, 5) is 25.3. The highest BCUT2D eigenvalue weighted by atomic mass is 16.5. The molecule has 4 rings (SSSR count). The van der Waals surface area contributed by atoms with E-state index in [2.05, 4.69) is 15.7 Å². The number of carbonyl (C=O) groups excluding carboxylic acids is 1. The summed E-state index contributed by atoms with van der Waals surface area (Å²) in [6.45, 7) is 5.03. The summed E-state index contributed by atoms with van der Waals surface area (Å²) < 4.78 is 13.7. The average Bonchev–Trinajstić information content (AvgIpc) is 2.97. The maximum Gasteiger partial charge on any atom is 0.368 e. The molecule has 9 nitrogen and oxygen atoms in total. The quantitative estimate of drug-likeness (QED) is 0.652. The van der Waals surface area contributed by atoms with E-state index in [1.165, 1.54) is 0 Å². The Morgan fingerprint density at radius 3 is 2.55 bits per heavy atom. The highest BCUT2D eigenvalue weighted by molar-refractivity contribution is 5.76. The van der Waals surface area contributed by atoms with Gasteiger partial charge in [0, 0.05) is 6.42 Å². The molecule has 1 aliphatic rings. The number of fused-ring (bicyclic) bond motifs is 1. The molecule has 0 spiro atoms. The normalized spacial score (nSPS) is 14.2. The predicted octanol–water partition coefficient (Wildman–Crippen LogP) is 2.10. The Balaban J connectivity index is 1.50. The lowest BCUT2D eigenvalue weighted by atomic mass is 9.95. The molecule has 1 unspecified atom stereocenters. The van der Waals surface area contributed by atoms with Gasteiger partial charge in [-0.15, -0.1) is 0 Å². The van der Waals surface area contributed by atoms with Gasteiger partial charge in [-0.1, -0.05) is 38.1 Å². The fraction of sp³-hybridized carbons (Fsp3) is 0.364. The van der Waals surface area contributed by atoms with Crippen LogP contribution in [0.25, 0.3) is 5.69 Å². The van der Waals surface area contributed by atoms with Gasteiger partial charge in [-0.05, 0) is 46.2 Å². The lowest BCUT2D eigenvalue weighted by Crippen LogP contribution is -2.37. The van der Waals surface area contributed by atoms with Gasteiger partial charge in [-0.25, -0.2) is 4.79 Å². The highest BCUT2D eigenvalue weighted by Crippen LogP contribution is 2.34. The standard InChI is InChI=1S/C22H25N5O4/c1-15(2)21(16-9-10-18-19(13-16)31-12-6-11-30-18)23-20(28)14-26-22(29)27(25-24-26)17-7-4-3-5-8-17/h3-5,7-10,13,15,21H,6,11-12,14H2,1-2H3,(H,23,28). The number of ether oxygens (including phenoxy) is 2. The van der Waals surface area contributed by atoms with Crippen molar-refractivity contribution in [1.29, 1.82) is 0 Å². The Labute approximate surface area is 179 Å². The molecule has 1 aliphatic heterocycles. The molecule has 1 N–H and O–H groups in total. The summed E-state index contributed by atoms with van der Waals surface area (Å²) in [6.07, 6.45) is 0.826. The smallest absolute Gasteiger partial charge is 0.368 e. The second-order valence-corrected chi connectivity index (χ2v) is 7.71. The van der Waals surface area contributed by atoms with Crippen molar-refractivity contribution in [3.05, 3.63) is 64.6 Å². The van der Waals surface area contributed by atoms with Gasteiger partial charge in [-0.2, -0.15) is 9.36 Å². The number of amides is 1. The predicted molar refractivity (Wildman–Crippen MR) is 113 cm³/mol. The SMILES string of the molecule is CC(C)C(NC(=O)Cn1nnn(-c2ccccc2)c1=O)c1ccc2c(c1)OCCCO2. The Morgan fingerprint density at radius 1 is 1.06 bits per heavy atom. The molecular formula is C22H25N5O4. The summed E-state index contributed by atoms with van der Waals surface area (Å²) in [5.74, 6) is 1.18. The fourth-order valence-electron chi connectivity index (χ4n) is 3.47. The van der Waals surface area contributed by atoms with E-state index in [9.17, 15) is 9.59 Å². The van der Waals surface area contributed by atoms with Gasteiger partial charge < -0.3 is 14.8 Å². The number of tetrazole rings is 1. The second-order valence-electron chi connectivity index (χ2n) is 7.71. The number of hydrogen-bond donors (Lipinski definition) is 1. The third kappa shape index (κ3) is 4.60. The highest BCUT2D eigenvalue weighted by Gasteiger charge is 2.22. The van der Waals surface area contributed by atoms with Gasteiger partial charge in [0.25, 0.3) is 0 Å². The van der Waals surface area contributed by atoms with Crippen LogP contribution in [-0.4, -0.2) is 38.9 Å². The summed E-state index contributed by atoms with van der Waals surface area (Å²) >= 11 is 0. The van der Waals surface area contributed by atoms with Gasteiger partial charge in [0.15, 0.2) is 11.5 Å². The van der Waals surface area contributed by atoms with Gasteiger partial charge >= 0.3 is 5.69 Å². The molecule has 0 saturated carbocycles. The number of nitrogens with zero attached hydrogens (tertiary/aromatic N) is 4. The first-order valence-electron chi connectivity index (χ1n) is 10.3. The maximum absolute atomic E-state index is 12.7. The minimum absolute atomic E-state index is 0.116. The van der Waals surface area contributed by atoms with Crippen molar-refractivity contribution in [2.24, 2.45) is 5.92 Å². The molecular weight excluding hydrogens is 398 g/mol. The van der Waals surface area contributed by atoms with Crippen LogP contribution in [0.1, 0.15) is 31.9 Å². The molecule has 3 aromatic rings. The monoisotopic (exact) mass is 423 g/mol. The van der Waals surface area contributed by atoms with Crippen LogP contribution in [0.4, 0.5) is 0 Å². The van der Waals surface area contributed by atoms with Crippen molar-refractivity contribution in [1.82, 2.24) is 25.1 Å². The number of rotatable bonds is 6. The Morgan fingerprint density at radius 2 is 1.81 bits per heavy atom. The lowest BCUT2D eigenvalue weighted by Gasteiger charge is -2.23. The lowest BCUT2D eigenvalue weighted by molar-refractivity contribution is -0.123. The van der Waals surface area contributed by atoms with Crippen molar-refractivity contribution >= 4 is 5.91 Å². The molecule has 1 atom stereocenters. The van der Waals surface area contributed by atoms with Crippen LogP contribution in [0, 0.1) is 5.92 Å². The van der Waals surface area contributed by atoms with Gasteiger partial charge in [0.1, 0.15) is 6.54 Å². The third-order valence-corrected chi connectivity index (χ3v) is 5.05. The molecule has 2 aromatic carbocycles. The van der Waals surface area contributed by atoms with E-state index in [4.69, 9.17) is 9.47 Å². The molecule has 1 aromatic heterocycles. The zero-order valence-corrected chi connectivity index (χ0v) is 17.5. The van der Waals surface area contributed by atoms with Crippen LogP contribution < -0.4 is 20.5 Å². The number of aromatic nitrogens is 4. The molecule has 2 heterocycles. The zero-order valence-electron chi connectivity index (χ0n) is 17.5. The van der Waals surface area contributed by atoms with Crippen molar-refractivity contribution in [3.63, 3.8) is 0 Å². The van der Waals surface area contributed by atoms with Crippen LogP contribution in [0.5, 0.6) is 11.5 Å². The van der Waals surface area contributed by atoms with Gasteiger partial charge in [0.2, 0.25) is 5.91 Å². The molecule has 0 bridgehead atoms. The van der Waals surface area contributed by atoms with Crippen LogP contribution in [0.2, 0.25) is 0 Å². The van der Waals surface area contributed by atoms with E-state index in [1.54, 1.807) is 24.3 Å². The van der Waals surface area contributed by atoms with E-state index in [0.717, 1.165) is 21.3 Å². The molecule has 0 radical (unpaired) electrons. The van der Waals surface area contributed by atoms with E-state index >= 15 is 0 Å². The van der Waals surface area contributed by atoms with E-state index in [0.29, 0.717) is 30.4 Å². The molecule has 9 heteroatoms. The fourth-order valence-corrected chi connectivity index (χ4v) is 3.47. The first-order chi connectivity index (χ1) is 15.0. The summed E-state index contributed by atoms with van der Waals surface area (Å²) in [7, 11) is 0. The van der Waals surface area contributed by atoms with Crippen molar-refractivity contribution in [3.8, 4) is 17.2 Å². The number of nitrogens with one attached hydrogen (secondary N) is 1. The minimum Gasteiger partial charge on any atom is -0.490 e. The average molecular weight is 423 g/mol. The molecule has 0 fully saturated rings. The molecule has 0 aliphatic carbocycles. The molecule has 31 heavy (non-hydrogen) atoms. The van der Waals surface area contributed by atoms with E-state index < -0.39 is 5.69 Å². The van der Waals surface area contributed by atoms with Crippen molar-refractivity contribution in [2.75, 3.05) is 13.2 Å². The second kappa shape index (κ2) is 9.03. The van der Waals surface area contributed by atoms with E-state index in [1.807, 2.05) is 38.1 Å². The maximum atomic E-state index is 12.7. The topological polar surface area (TPSA) is 100 Å². The Bertz CT molecular complexity index is 1110. The first-order valence-corrected chi connectivity index (χ1v) is 10.3. The zero-order chi connectivity index (χ0) is 21.8. The van der Waals surface area contributed by atoms with Gasteiger partial charge in [0.05, 0.1) is 24.9 Å². The first kappa shape index (κ1) is 20.6. The molecule has 0 saturated heterocycles. The minimum atomic E-state index is -0.474. The van der Waals surface area contributed by atoms with Gasteiger partial charge in [-0.3, -0.25) is 4.79 Å². The number of hydrogen-bond acceptors (Lipinski definition) is 6. The van der Waals surface area contributed by atoms with Crippen LogP contribution in [-0.2, 0) is 11.3 Å². The Hall–Kier alpha value is -3.62. The number of carbonyl (C=O) groups is 1. The van der Waals surface area contributed by atoms with Crippen LogP contribution in [0.15, 0.2) is 53.3 Å².